The first kappa shape index (κ1) is 14.5. The van der Waals surface area contributed by atoms with Crippen molar-refractivity contribution >= 4 is 15.9 Å². The van der Waals surface area contributed by atoms with Gasteiger partial charge in [0.2, 0.25) is 0 Å². The molecule has 0 heterocycles. The van der Waals surface area contributed by atoms with Gasteiger partial charge in [-0.05, 0) is 24.7 Å². The zero-order valence-electron chi connectivity index (χ0n) is 10.2. The third-order valence-electron chi connectivity index (χ3n) is 3.17. The van der Waals surface area contributed by atoms with Crippen LogP contribution in [0.5, 0.6) is 0 Å². The molecule has 0 saturated carbocycles. The number of hydrogen-bond acceptors (Lipinski definition) is 0. The van der Waals surface area contributed by atoms with Crippen molar-refractivity contribution < 1.29 is 0 Å². The van der Waals surface area contributed by atoms with E-state index < -0.39 is 0 Å². The van der Waals surface area contributed by atoms with Crippen molar-refractivity contribution in [3.63, 3.8) is 0 Å². The minimum absolute atomic E-state index is 0.935. The molecule has 0 N–H and O–H groups in total. The predicted molar refractivity (Wildman–Crippen MR) is 70.1 cm³/mol. The van der Waals surface area contributed by atoms with Gasteiger partial charge in [-0.1, -0.05) is 68.8 Å². The van der Waals surface area contributed by atoms with Gasteiger partial charge in [0.05, 0.1) is 0 Å². The second kappa shape index (κ2) is 10.0. The summed E-state index contributed by atoms with van der Waals surface area (Å²) in [5.41, 5.74) is 0. The first-order chi connectivity index (χ1) is 6.70. The monoisotopic (exact) mass is 262 g/mol. The highest BCUT2D eigenvalue weighted by atomic mass is 79.9. The van der Waals surface area contributed by atoms with Crippen LogP contribution in [0, 0.1) is 11.8 Å². The van der Waals surface area contributed by atoms with E-state index in [9.17, 15) is 0 Å². The van der Waals surface area contributed by atoms with E-state index in [1.165, 1.54) is 50.3 Å². The molecule has 0 aromatic rings. The van der Waals surface area contributed by atoms with Crippen LogP contribution in [0.3, 0.4) is 0 Å². The van der Waals surface area contributed by atoms with Gasteiger partial charge in [-0.25, -0.2) is 0 Å². The smallest absolute Gasteiger partial charge is 0.00314 e. The largest absolute Gasteiger partial charge is 0.0928 e. The van der Waals surface area contributed by atoms with Gasteiger partial charge in [0.1, 0.15) is 0 Å². The lowest BCUT2D eigenvalue weighted by Gasteiger charge is -2.11. The van der Waals surface area contributed by atoms with E-state index in [4.69, 9.17) is 0 Å². The van der Waals surface area contributed by atoms with E-state index >= 15 is 0 Å². The molecule has 0 aliphatic carbocycles. The van der Waals surface area contributed by atoms with E-state index in [1.807, 2.05) is 0 Å². The topological polar surface area (TPSA) is 0 Å². The Kier molecular flexibility index (Phi) is 10.4. The number of alkyl halides is 1. The fourth-order valence-electron chi connectivity index (χ4n) is 1.76. The molecule has 0 aliphatic rings. The lowest BCUT2D eigenvalue weighted by atomic mass is 9.95. The summed E-state index contributed by atoms with van der Waals surface area (Å²) >= 11 is 3.49. The van der Waals surface area contributed by atoms with Crippen LogP contribution in [-0.4, -0.2) is 5.33 Å². The maximum atomic E-state index is 3.49. The summed E-state index contributed by atoms with van der Waals surface area (Å²) in [7, 11) is 0. The maximum Gasteiger partial charge on any atom is 0.00314 e. The number of rotatable bonds is 9. The van der Waals surface area contributed by atoms with Crippen LogP contribution in [-0.2, 0) is 0 Å². The molecule has 2 unspecified atom stereocenters. The molecular weight excluding hydrogens is 236 g/mol. The van der Waals surface area contributed by atoms with Crippen LogP contribution >= 0.6 is 15.9 Å². The molecule has 0 aromatic heterocycles. The predicted octanol–water partition coefficient (Wildman–Crippen LogP) is 5.40. The van der Waals surface area contributed by atoms with Gasteiger partial charge in [-0.3, -0.25) is 0 Å². The van der Waals surface area contributed by atoms with Crippen LogP contribution in [0.4, 0.5) is 0 Å². The van der Waals surface area contributed by atoms with Gasteiger partial charge in [0, 0.05) is 5.33 Å². The molecule has 0 saturated heterocycles. The van der Waals surface area contributed by atoms with Gasteiger partial charge in [-0.15, -0.1) is 0 Å². The second-order valence-corrected chi connectivity index (χ2v) is 5.53. The molecule has 0 bridgehead atoms. The Morgan fingerprint density at radius 2 is 1.36 bits per heavy atom. The molecule has 2 atom stereocenters. The summed E-state index contributed by atoms with van der Waals surface area (Å²) in [6.07, 6.45) is 9.83. The Hall–Kier alpha value is 0.480. The molecule has 0 rings (SSSR count). The minimum Gasteiger partial charge on any atom is -0.0928 e. The highest BCUT2D eigenvalue weighted by Crippen LogP contribution is 2.18. The zero-order valence-corrected chi connectivity index (χ0v) is 11.8. The quantitative estimate of drug-likeness (QED) is 0.385. The van der Waals surface area contributed by atoms with Crippen molar-refractivity contribution in [1.29, 1.82) is 0 Å². The Balaban J connectivity index is 3.18. The van der Waals surface area contributed by atoms with E-state index in [1.54, 1.807) is 0 Å². The molecule has 0 spiro atoms. The summed E-state index contributed by atoms with van der Waals surface area (Å²) in [5, 5.41) is 1.17. The molecular formula is C13H27Br. The van der Waals surface area contributed by atoms with Crippen molar-refractivity contribution in [2.75, 3.05) is 5.33 Å². The molecule has 0 radical (unpaired) electrons. The molecule has 0 nitrogen and oxygen atoms in total. The zero-order chi connectivity index (χ0) is 10.8. The molecule has 1 heteroatoms. The fraction of sp³-hybridized carbons (Fsp3) is 1.00. The van der Waals surface area contributed by atoms with Gasteiger partial charge in [-0.2, -0.15) is 0 Å². The standard InChI is InChI=1S/C13H27Br/c1-4-12(2)8-5-6-9-13(3)10-7-11-14/h12-13H,4-11H2,1-3H3. The Labute approximate surface area is 99.0 Å². The van der Waals surface area contributed by atoms with E-state index in [2.05, 4.69) is 36.7 Å². The maximum absolute atomic E-state index is 3.49. The van der Waals surface area contributed by atoms with Crippen LogP contribution in [0.1, 0.15) is 65.7 Å². The van der Waals surface area contributed by atoms with Crippen LogP contribution in [0.25, 0.3) is 0 Å². The van der Waals surface area contributed by atoms with Crippen molar-refractivity contribution in [3.8, 4) is 0 Å². The normalized spacial score (nSPS) is 15.4. The SMILES string of the molecule is CCC(C)CCCCC(C)CCCBr. The minimum atomic E-state index is 0.935. The number of halogens is 1. The highest BCUT2D eigenvalue weighted by Gasteiger charge is 2.02. The molecule has 0 aliphatic heterocycles. The average Bonchev–Trinajstić information content (AvgIpc) is 2.21. The number of unbranched alkanes of at least 4 members (excludes halogenated alkanes) is 1. The lowest BCUT2D eigenvalue weighted by Crippen LogP contribution is -1.97. The van der Waals surface area contributed by atoms with E-state index in [0.29, 0.717) is 0 Å². The van der Waals surface area contributed by atoms with Crippen molar-refractivity contribution in [3.05, 3.63) is 0 Å². The summed E-state index contributed by atoms with van der Waals surface area (Å²) in [4.78, 5) is 0. The third-order valence-corrected chi connectivity index (χ3v) is 3.73. The van der Waals surface area contributed by atoms with Crippen LogP contribution in [0.15, 0.2) is 0 Å². The van der Waals surface area contributed by atoms with E-state index in [-0.39, 0.29) is 0 Å². The molecule has 14 heavy (non-hydrogen) atoms. The van der Waals surface area contributed by atoms with Crippen LogP contribution < -0.4 is 0 Å². The van der Waals surface area contributed by atoms with Gasteiger partial charge in [0.25, 0.3) is 0 Å². The van der Waals surface area contributed by atoms with Crippen molar-refractivity contribution in [1.82, 2.24) is 0 Å². The third kappa shape index (κ3) is 9.05. The van der Waals surface area contributed by atoms with Crippen LogP contribution in [0.2, 0.25) is 0 Å². The molecule has 0 fully saturated rings. The number of hydrogen-bond donors (Lipinski definition) is 0. The average molecular weight is 263 g/mol. The van der Waals surface area contributed by atoms with Crippen molar-refractivity contribution in [2.45, 2.75) is 65.7 Å². The first-order valence-corrected chi connectivity index (χ1v) is 7.38. The summed E-state index contributed by atoms with van der Waals surface area (Å²) in [6, 6.07) is 0. The first-order valence-electron chi connectivity index (χ1n) is 6.26. The van der Waals surface area contributed by atoms with Gasteiger partial charge in [0.15, 0.2) is 0 Å². The van der Waals surface area contributed by atoms with Crippen molar-refractivity contribution in [2.24, 2.45) is 11.8 Å². The fourth-order valence-corrected chi connectivity index (χ4v) is 2.08. The molecule has 0 aromatic carbocycles. The molecule has 0 amide bonds. The lowest BCUT2D eigenvalue weighted by molar-refractivity contribution is 0.426. The Bertz CT molecular complexity index is 112. The summed E-state index contributed by atoms with van der Waals surface area (Å²) < 4.78 is 0. The summed E-state index contributed by atoms with van der Waals surface area (Å²) in [6.45, 7) is 7.06. The van der Waals surface area contributed by atoms with Gasteiger partial charge >= 0.3 is 0 Å². The Morgan fingerprint density at radius 1 is 0.857 bits per heavy atom. The molecule has 86 valence electrons. The second-order valence-electron chi connectivity index (χ2n) is 4.73. The summed E-state index contributed by atoms with van der Waals surface area (Å²) in [5.74, 6) is 1.87. The van der Waals surface area contributed by atoms with Gasteiger partial charge < -0.3 is 0 Å². The highest BCUT2D eigenvalue weighted by molar-refractivity contribution is 9.09. The van der Waals surface area contributed by atoms with E-state index in [0.717, 1.165) is 11.8 Å². The Morgan fingerprint density at radius 3 is 1.86 bits per heavy atom.